The number of H-pyrrole nitrogens is 1. The second-order valence-electron chi connectivity index (χ2n) is 4.00. The first-order valence-electron chi connectivity index (χ1n) is 5.37. The number of hydrogen-bond acceptors (Lipinski definition) is 3. The Morgan fingerprint density at radius 3 is 2.89 bits per heavy atom. The van der Waals surface area contributed by atoms with Crippen LogP contribution >= 0.6 is 11.6 Å². The topological polar surface area (TPSA) is 75.0 Å². The van der Waals surface area contributed by atoms with Crippen LogP contribution < -0.4 is 5.73 Å². The van der Waals surface area contributed by atoms with Gasteiger partial charge in [-0.05, 0) is 17.7 Å². The Hall–Kier alpha value is -2.01. The maximum Gasteiger partial charge on any atom is 0.271 e. The average Bonchev–Trinajstić information content (AvgIpc) is 2.75. The molecule has 18 heavy (non-hydrogen) atoms. The van der Waals surface area contributed by atoms with E-state index >= 15 is 0 Å². The van der Waals surface area contributed by atoms with Crippen molar-refractivity contribution < 1.29 is 4.79 Å². The van der Waals surface area contributed by atoms with Gasteiger partial charge in [-0.15, -0.1) is 0 Å². The quantitative estimate of drug-likeness (QED) is 0.889. The fraction of sp³-hybridized carbons (Fsp3) is 0.167. The summed E-state index contributed by atoms with van der Waals surface area (Å²) in [7, 11) is 1.71. The Kier molecular flexibility index (Phi) is 3.53. The van der Waals surface area contributed by atoms with Crippen LogP contribution in [0, 0.1) is 0 Å². The van der Waals surface area contributed by atoms with Gasteiger partial charge in [-0.3, -0.25) is 9.89 Å². The molecule has 2 rings (SSSR count). The summed E-state index contributed by atoms with van der Waals surface area (Å²) in [6.45, 7) is 0.471. The van der Waals surface area contributed by atoms with Crippen LogP contribution in [0.15, 0.2) is 30.3 Å². The third kappa shape index (κ3) is 2.81. The molecule has 0 saturated heterocycles. The second kappa shape index (κ2) is 5.10. The molecule has 0 bridgehead atoms. The Labute approximate surface area is 110 Å². The van der Waals surface area contributed by atoms with Crippen molar-refractivity contribution in [3.8, 4) is 0 Å². The van der Waals surface area contributed by atoms with Gasteiger partial charge in [0.15, 0.2) is 0 Å². The highest BCUT2D eigenvalue weighted by atomic mass is 35.5. The van der Waals surface area contributed by atoms with Crippen LogP contribution in [-0.2, 0) is 6.54 Å². The van der Waals surface area contributed by atoms with Crippen LogP contribution in [0.2, 0.25) is 5.02 Å². The minimum Gasteiger partial charge on any atom is -0.382 e. The van der Waals surface area contributed by atoms with E-state index in [1.54, 1.807) is 18.0 Å². The van der Waals surface area contributed by atoms with Crippen molar-refractivity contribution >= 4 is 23.3 Å². The lowest BCUT2D eigenvalue weighted by Crippen LogP contribution is -2.26. The first kappa shape index (κ1) is 12.4. The lowest BCUT2D eigenvalue weighted by atomic mass is 10.2. The minimum atomic E-state index is -0.167. The van der Waals surface area contributed by atoms with Gasteiger partial charge in [0.05, 0.1) is 0 Å². The third-order valence-electron chi connectivity index (χ3n) is 2.48. The van der Waals surface area contributed by atoms with Crippen molar-refractivity contribution in [2.75, 3.05) is 12.8 Å². The molecule has 2 aromatic rings. The van der Waals surface area contributed by atoms with E-state index in [4.69, 9.17) is 17.3 Å². The molecular weight excluding hydrogens is 252 g/mol. The van der Waals surface area contributed by atoms with Crippen LogP contribution in [0.4, 0.5) is 5.82 Å². The fourth-order valence-corrected chi connectivity index (χ4v) is 1.85. The highest BCUT2D eigenvalue weighted by Crippen LogP contribution is 2.13. The van der Waals surface area contributed by atoms with Crippen molar-refractivity contribution in [2.24, 2.45) is 0 Å². The SMILES string of the molecule is CN(Cc1cccc(Cl)c1)C(=O)c1cc(N)n[nH]1. The third-order valence-corrected chi connectivity index (χ3v) is 2.72. The number of nitrogen functional groups attached to an aromatic ring is 1. The molecule has 0 unspecified atom stereocenters. The first-order valence-corrected chi connectivity index (χ1v) is 5.75. The molecule has 0 atom stereocenters. The fourth-order valence-electron chi connectivity index (χ4n) is 1.63. The molecule has 1 heterocycles. The summed E-state index contributed by atoms with van der Waals surface area (Å²) >= 11 is 5.89. The van der Waals surface area contributed by atoms with E-state index in [0.717, 1.165) is 5.56 Å². The largest absolute Gasteiger partial charge is 0.382 e. The van der Waals surface area contributed by atoms with Gasteiger partial charge in [0.2, 0.25) is 0 Å². The molecule has 0 aliphatic rings. The zero-order valence-electron chi connectivity index (χ0n) is 9.85. The predicted octanol–water partition coefficient (Wildman–Crippen LogP) is 1.92. The van der Waals surface area contributed by atoms with Gasteiger partial charge in [0, 0.05) is 24.7 Å². The van der Waals surface area contributed by atoms with Gasteiger partial charge in [-0.2, -0.15) is 5.10 Å². The standard InChI is InChI=1S/C12H13ClN4O/c1-17(7-8-3-2-4-9(13)5-8)12(18)10-6-11(14)16-15-10/h2-6H,7H2,1H3,(H3,14,15,16). The zero-order valence-corrected chi connectivity index (χ0v) is 10.6. The molecule has 0 saturated carbocycles. The maximum absolute atomic E-state index is 12.0. The summed E-state index contributed by atoms with van der Waals surface area (Å²) in [4.78, 5) is 13.6. The second-order valence-corrected chi connectivity index (χ2v) is 4.43. The molecule has 1 amide bonds. The molecule has 0 radical (unpaired) electrons. The van der Waals surface area contributed by atoms with Gasteiger partial charge in [0.25, 0.3) is 5.91 Å². The molecule has 0 fully saturated rings. The van der Waals surface area contributed by atoms with Crippen molar-refractivity contribution in [3.63, 3.8) is 0 Å². The minimum absolute atomic E-state index is 0.167. The highest BCUT2D eigenvalue weighted by Gasteiger charge is 2.14. The highest BCUT2D eigenvalue weighted by molar-refractivity contribution is 6.30. The van der Waals surface area contributed by atoms with E-state index in [9.17, 15) is 4.79 Å². The number of carbonyl (C=O) groups is 1. The molecular formula is C12H13ClN4O. The lowest BCUT2D eigenvalue weighted by Gasteiger charge is -2.16. The van der Waals surface area contributed by atoms with Crippen molar-refractivity contribution in [2.45, 2.75) is 6.54 Å². The van der Waals surface area contributed by atoms with E-state index in [0.29, 0.717) is 23.1 Å². The maximum atomic E-state index is 12.0. The summed E-state index contributed by atoms with van der Waals surface area (Å²) in [6, 6.07) is 8.90. The van der Waals surface area contributed by atoms with Gasteiger partial charge in [-0.1, -0.05) is 23.7 Å². The number of aromatic nitrogens is 2. The summed E-state index contributed by atoms with van der Waals surface area (Å²) in [5, 5.41) is 6.97. The number of hydrogen-bond donors (Lipinski definition) is 2. The van der Waals surface area contributed by atoms with Gasteiger partial charge >= 0.3 is 0 Å². The number of nitrogens with zero attached hydrogens (tertiary/aromatic N) is 2. The van der Waals surface area contributed by atoms with E-state index in [1.807, 2.05) is 18.2 Å². The van der Waals surface area contributed by atoms with Gasteiger partial charge < -0.3 is 10.6 Å². The zero-order chi connectivity index (χ0) is 13.1. The van der Waals surface area contributed by atoms with Crippen LogP contribution in [0.1, 0.15) is 16.1 Å². The first-order chi connectivity index (χ1) is 8.56. The molecule has 3 N–H and O–H groups in total. The van der Waals surface area contributed by atoms with Crippen LogP contribution in [-0.4, -0.2) is 28.1 Å². The molecule has 0 spiro atoms. The smallest absolute Gasteiger partial charge is 0.271 e. The van der Waals surface area contributed by atoms with Gasteiger partial charge in [0.1, 0.15) is 11.5 Å². The number of anilines is 1. The molecule has 0 aliphatic carbocycles. The number of aromatic amines is 1. The molecule has 1 aromatic carbocycles. The number of amides is 1. The molecule has 5 nitrogen and oxygen atoms in total. The van der Waals surface area contributed by atoms with Crippen LogP contribution in [0.3, 0.4) is 0 Å². The Morgan fingerprint density at radius 1 is 1.50 bits per heavy atom. The van der Waals surface area contributed by atoms with E-state index in [1.165, 1.54) is 6.07 Å². The van der Waals surface area contributed by atoms with Crippen LogP contribution in [0.5, 0.6) is 0 Å². The van der Waals surface area contributed by atoms with Crippen molar-refractivity contribution in [1.29, 1.82) is 0 Å². The lowest BCUT2D eigenvalue weighted by molar-refractivity contribution is 0.0779. The van der Waals surface area contributed by atoms with Crippen molar-refractivity contribution in [3.05, 3.63) is 46.6 Å². The molecule has 1 aromatic heterocycles. The number of nitrogens with two attached hydrogens (primary N) is 1. The average molecular weight is 265 g/mol. The Morgan fingerprint density at radius 2 is 2.28 bits per heavy atom. The summed E-state index contributed by atoms with van der Waals surface area (Å²) in [5.41, 5.74) is 6.79. The summed E-state index contributed by atoms with van der Waals surface area (Å²) in [5.74, 6) is 0.133. The van der Waals surface area contributed by atoms with E-state index < -0.39 is 0 Å². The number of carbonyl (C=O) groups excluding carboxylic acids is 1. The monoisotopic (exact) mass is 264 g/mol. The molecule has 6 heteroatoms. The van der Waals surface area contributed by atoms with E-state index in [-0.39, 0.29) is 5.91 Å². The van der Waals surface area contributed by atoms with Gasteiger partial charge in [-0.25, -0.2) is 0 Å². The predicted molar refractivity (Wildman–Crippen MR) is 70.2 cm³/mol. The number of rotatable bonds is 3. The molecule has 0 aliphatic heterocycles. The summed E-state index contributed by atoms with van der Waals surface area (Å²) < 4.78 is 0. The number of benzene rings is 1. The number of nitrogens with one attached hydrogen (secondary N) is 1. The molecule has 94 valence electrons. The summed E-state index contributed by atoms with van der Waals surface area (Å²) in [6.07, 6.45) is 0. The Balaban J connectivity index is 2.08. The number of halogens is 1. The normalized spacial score (nSPS) is 10.3. The van der Waals surface area contributed by atoms with Crippen LogP contribution in [0.25, 0.3) is 0 Å². The van der Waals surface area contributed by atoms with Crippen molar-refractivity contribution in [1.82, 2.24) is 15.1 Å². The Bertz CT molecular complexity index is 567. The van der Waals surface area contributed by atoms with E-state index in [2.05, 4.69) is 10.2 Å².